The smallest absolute Gasteiger partial charge is 0.0662 e. The lowest BCUT2D eigenvalue weighted by Gasteiger charge is -2.42. The summed E-state index contributed by atoms with van der Waals surface area (Å²) in [5.41, 5.74) is 0.900. The molecule has 1 aromatic rings. The summed E-state index contributed by atoms with van der Waals surface area (Å²) in [6.07, 6.45) is 2.71. The Morgan fingerprint density at radius 1 is 1.00 bits per heavy atom. The Bertz CT molecular complexity index is 349. The summed E-state index contributed by atoms with van der Waals surface area (Å²) in [6, 6.07) is 10.1. The molecule has 2 nitrogen and oxygen atoms in total. The van der Waals surface area contributed by atoms with Gasteiger partial charge in [0.15, 0.2) is 0 Å². The molecule has 1 rings (SSSR count). The number of hydrogen-bond donors (Lipinski definition) is 0. The van der Waals surface area contributed by atoms with Gasteiger partial charge < -0.3 is 0 Å². The molecule has 107 valence electrons. The first-order valence-electron chi connectivity index (χ1n) is 7.53. The maximum absolute atomic E-state index is 13.0. The third-order valence-corrected chi connectivity index (χ3v) is 4.47. The number of nitrogens with zero attached hydrogens (tertiary/aromatic N) is 1. The van der Waals surface area contributed by atoms with Crippen LogP contribution in [0.4, 0.5) is 0 Å². The van der Waals surface area contributed by atoms with Gasteiger partial charge in [-0.3, -0.25) is 0 Å². The molecule has 0 heterocycles. The Morgan fingerprint density at radius 3 is 1.84 bits per heavy atom. The standard InChI is InChI=1S/C17H28NO/c1-6-17(7-2,8-3)18(19)16(14(4)5)15-12-10-9-11-13-15/h9-14,16H,6-8H2,1-5H3. The van der Waals surface area contributed by atoms with E-state index in [1.54, 1.807) is 0 Å². The van der Waals surface area contributed by atoms with E-state index in [4.69, 9.17) is 0 Å². The molecular weight excluding hydrogens is 234 g/mol. The van der Waals surface area contributed by atoms with Gasteiger partial charge in [0, 0.05) is 5.54 Å². The molecule has 0 aromatic heterocycles. The molecule has 0 aliphatic heterocycles. The van der Waals surface area contributed by atoms with Gasteiger partial charge in [-0.05, 0) is 30.7 Å². The van der Waals surface area contributed by atoms with Gasteiger partial charge in [0.1, 0.15) is 0 Å². The summed E-state index contributed by atoms with van der Waals surface area (Å²) in [7, 11) is 0. The molecule has 0 aliphatic carbocycles. The van der Waals surface area contributed by atoms with E-state index in [1.807, 2.05) is 18.2 Å². The van der Waals surface area contributed by atoms with Crippen molar-refractivity contribution in [2.24, 2.45) is 5.92 Å². The van der Waals surface area contributed by atoms with Crippen LogP contribution in [0.25, 0.3) is 0 Å². The summed E-state index contributed by atoms with van der Waals surface area (Å²) in [6.45, 7) is 10.6. The van der Waals surface area contributed by atoms with E-state index in [9.17, 15) is 5.21 Å². The average molecular weight is 262 g/mol. The van der Waals surface area contributed by atoms with Gasteiger partial charge in [0.05, 0.1) is 6.04 Å². The molecule has 1 radical (unpaired) electrons. The normalized spacial score (nSPS) is 14.1. The zero-order valence-corrected chi connectivity index (χ0v) is 13.0. The van der Waals surface area contributed by atoms with Gasteiger partial charge in [-0.15, -0.1) is 10.3 Å². The quantitative estimate of drug-likeness (QED) is 0.634. The number of hydroxylamine groups is 2. The fourth-order valence-corrected chi connectivity index (χ4v) is 2.95. The minimum absolute atomic E-state index is 0.0546. The van der Waals surface area contributed by atoms with Gasteiger partial charge in [-0.25, -0.2) is 0 Å². The maximum Gasteiger partial charge on any atom is 0.0662 e. The lowest BCUT2D eigenvalue weighted by Crippen LogP contribution is -2.47. The average Bonchev–Trinajstić information content (AvgIpc) is 2.42. The van der Waals surface area contributed by atoms with Crippen molar-refractivity contribution in [2.45, 2.75) is 65.5 Å². The summed E-state index contributed by atoms with van der Waals surface area (Å²) in [5.74, 6) is 0.309. The molecular formula is C17H28NO. The first-order chi connectivity index (χ1) is 9.02. The molecule has 0 amide bonds. The zero-order valence-electron chi connectivity index (χ0n) is 13.0. The molecule has 0 fully saturated rings. The monoisotopic (exact) mass is 262 g/mol. The Hall–Kier alpha value is -0.860. The third kappa shape index (κ3) is 3.37. The van der Waals surface area contributed by atoms with Crippen LogP contribution in [0.1, 0.15) is 65.5 Å². The number of rotatable bonds is 7. The molecule has 0 N–H and O–H groups in total. The van der Waals surface area contributed by atoms with Crippen molar-refractivity contribution < 1.29 is 5.21 Å². The maximum atomic E-state index is 13.0. The number of hydrogen-bond acceptors (Lipinski definition) is 1. The van der Waals surface area contributed by atoms with Crippen LogP contribution in [-0.2, 0) is 5.21 Å². The highest BCUT2D eigenvalue weighted by atomic mass is 16.5. The predicted molar refractivity (Wildman–Crippen MR) is 80.2 cm³/mol. The van der Waals surface area contributed by atoms with Crippen LogP contribution in [0, 0.1) is 5.92 Å². The Kier molecular flexibility index (Phi) is 6.02. The molecule has 1 aromatic carbocycles. The van der Waals surface area contributed by atoms with Crippen molar-refractivity contribution in [2.75, 3.05) is 0 Å². The van der Waals surface area contributed by atoms with Gasteiger partial charge in [0.25, 0.3) is 0 Å². The van der Waals surface area contributed by atoms with Crippen LogP contribution < -0.4 is 0 Å². The van der Waals surface area contributed by atoms with E-state index in [0.717, 1.165) is 24.8 Å². The summed E-state index contributed by atoms with van der Waals surface area (Å²) < 4.78 is 0. The van der Waals surface area contributed by atoms with E-state index in [1.165, 1.54) is 5.06 Å². The Labute approximate surface area is 118 Å². The highest BCUT2D eigenvalue weighted by Gasteiger charge is 2.38. The van der Waals surface area contributed by atoms with Gasteiger partial charge in [-0.1, -0.05) is 65.0 Å². The molecule has 0 saturated carbocycles. The van der Waals surface area contributed by atoms with Gasteiger partial charge in [-0.2, -0.15) is 0 Å². The lowest BCUT2D eigenvalue weighted by atomic mass is 9.85. The van der Waals surface area contributed by atoms with Gasteiger partial charge in [0.2, 0.25) is 0 Å². The van der Waals surface area contributed by atoms with Crippen molar-refractivity contribution in [3.05, 3.63) is 35.9 Å². The van der Waals surface area contributed by atoms with Crippen LogP contribution in [0.5, 0.6) is 0 Å². The zero-order chi connectivity index (χ0) is 14.5. The van der Waals surface area contributed by atoms with Crippen LogP contribution in [0.3, 0.4) is 0 Å². The van der Waals surface area contributed by atoms with Crippen molar-refractivity contribution in [3.63, 3.8) is 0 Å². The van der Waals surface area contributed by atoms with Crippen LogP contribution >= 0.6 is 0 Å². The van der Waals surface area contributed by atoms with Crippen LogP contribution in [0.15, 0.2) is 30.3 Å². The minimum Gasteiger partial charge on any atom is -0.141 e. The Morgan fingerprint density at radius 2 is 1.47 bits per heavy atom. The van der Waals surface area contributed by atoms with Crippen molar-refractivity contribution >= 4 is 0 Å². The SMILES string of the molecule is CCC(CC)(CC)N([O])C(c1ccccc1)C(C)C. The van der Waals surface area contributed by atoms with E-state index in [2.05, 4.69) is 46.8 Å². The largest absolute Gasteiger partial charge is 0.141 e. The van der Waals surface area contributed by atoms with E-state index in [0.29, 0.717) is 5.92 Å². The van der Waals surface area contributed by atoms with E-state index in [-0.39, 0.29) is 11.6 Å². The second-order valence-electron chi connectivity index (χ2n) is 5.71. The lowest BCUT2D eigenvalue weighted by molar-refractivity contribution is -0.267. The highest BCUT2D eigenvalue weighted by Crippen LogP contribution is 2.37. The molecule has 0 saturated heterocycles. The molecule has 0 aliphatic rings. The predicted octanol–water partition coefficient (Wildman–Crippen LogP) is 5.00. The number of benzene rings is 1. The topological polar surface area (TPSA) is 23.1 Å². The summed E-state index contributed by atoms with van der Waals surface area (Å²) in [4.78, 5) is 0. The Balaban J connectivity index is 3.13. The second-order valence-corrected chi connectivity index (χ2v) is 5.71. The van der Waals surface area contributed by atoms with Crippen molar-refractivity contribution in [3.8, 4) is 0 Å². The van der Waals surface area contributed by atoms with Crippen LogP contribution in [-0.4, -0.2) is 10.6 Å². The molecule has 0 spiro atoms. The van der Waals surface area contributed by atoms with Gasteiger partial charge >= 0.3 is 0 Å². The first-order valence-corrected chi connectivity index (χ1v) is 7.53. The van der Waals surface area contributed by atoms with E-state index < -0.39 is 0 Å². The second kappa shape index (κ2) is 7.06. The fourth-order valence-electron chi connectivity index (χ4n) is 2.95. The molecule has 0 bridgehead atoms. The first kappa shape index (κ1) is 16.2. The molecule has 1 unspecified atom stereocenters. The van der Waals surface area contributed by atoms with Crippen LogP contribution in [0.2, 0.25) is 0 Å². The summed E-state index contributed by atoms with van der Waals surface area (Å²) in [5, 5.41) is 14.4. The molecule has 19 heavy (non-hydrogen) atoms. The highest BCUT2D eigenvalue weighted by molar-refractivity contribution is 5.19. The minimum atomic E-state index is -0.231. The molecule has 2 heteroatoms. The van der Waals surface area contributed by atoms with Crippen molar-refractivity contribution in [1.29, 1.82) is 0 Å². The third-order valence-electron chi connectivity index (χ3n) is 4.47. The molecule has 1 atom stereocenters. The summed E-state index contributed by atoms with van der Waals surface area (Å²) >= 11 is 0. The fraction of sp³-hybridized carbons (Fsp3) is 0.647. The van der Waals surface area contributed by atoms with E-state index >= 15 is 0 Å². The van der Waals surface area contributed by atoms with Crippen molar-refractivity contribution in [1.82, 2.24) is 5.06 Å².